The highest BCUT2D eigenvalue weighted by Crippen LogP contribution is 2.24. The van der Waals surface area contributed by atoms with Crippen LogP contribution in [0.15, 0.2) is 30.3 Å². The van der Waals surface area contributed by atoms with Crippen molar-refractivity contribution in [3.05, 3.63) is 36.0 Å². The molecule has 0 aliphatic heterocycles. The predicted octanol–water partition coefficient (Wildman–Crippen LogP) is 4.30. The Bertz CT molecular complexity index is 554. The van der Waals surface area contributed by atoms with E-state index in [1.807, 2.05) is 13.1 Å². The summed E-state index contributed by atoms with van der Waals surface area (Å²) in [6.45, 7) is 3.75. The first kappa shape index (κ1) is 15.8. The van der Waals surface area contributed by atoms with Crippen LogP contribution in [0.25, 0.3) is 10.8 Å². The Labute approximate surface area is 127 Å². The molecular formula is C18H26N2O. The van der Waals surface area contributed by atoms with Crippen LogP contribution in [0.3, 0.4) is 0 Å². The largest absolute Gasteiger partial charge is 0.477 e. The van der Waals surface area contributed by atoms with Gasteiger partial charge in [-0.2, -0.15) is 0 Å². The monoisotopic (exact) mass is 286 g/mol. The number of hydrogen-bond acceptors (Lipinski definition) is 3. The van der Waals surface area contributed by atoms with E-state index in [0.29, 0.717) is 0 Å². The summed E-state index contributed by atoms with van der Waals surface area (Å²) in [5.74, 6) is 0.772. The highest BCUT2D eigenvalue weighted by molar-refractivity contribution is 5.87. The summed E-state index contributed by atoms with van der Waals surface area (Å²) < 4.78 is 5.95. The Morgan fingerprint density at radius 1 is 1.10 bits per heavy atom. The van der Waals surface area contributed by atoms with Crippen molar-refractivity contribution in [3.8, 4) is 5.88 Å². The van der Waals surface area contributed by atoms with E-state index in [2.05, 4.69) is 41.5 Å². The van der Waals surface area contributed by atoms with Gasteiger partial charge in [-0.25, -0.2) is 4.98 Å². The summed E-state index contributed by atoms with van der Waals surface area (Å²) in [6.07, 6.45) is 6.24. The Morgan fingerprint density at radius 3 is 2.71 bits per heavy atom. The quantitative estimate of drug-likeness (QED) is 0.698. The van der Waals surface area contributed by atoms with Gasteiger partial charge in [-0.3, -0.25) is 0 Å². The average Bonchev–Trinajstić information content (AvgIpc) is 2.51. The van der Waals surface area contributed by atoms with Gasteiger partial charge in [0, 0.05) is 11.9 Å². The van der Waals surface area contributed by atoms with Gasteiger partial charge in [0.1, 0.15) is 0 Å². The van der Waals surface area contributed by atoms with E-state index in [4.69, 9.17) is 4.74 Å². The number of nitrogens with one attached hydrogen (secondary N) is 1. The number of ether oxygens (including phenoxy) is 1. The lowest BCUT2D eigenvalue weighted by molar-refractivity contribution is 0.296. The van der Waals surface area contributed by atoms with Gasteiger partial charge in [0.2, 0.25) is 5.88 Å². The molecular weight excluding hydrogens is 260 g/mol. The molecule has 0 spiro atoms. The van der Waals surface area contributed by atoms with Crippen LogP contribution in [-0.2, 0) is 6.54 Å². The summed E-state index contributed by atoms with van der Waals surface area (Å²) >= 11 is 0. The molecule has 21 heavy (non-hydrogen) atoms. The normalized spacial score (nSPS) is 11.0. The maximum atomic E-state index is 5.95. The SMILES string of the molecule is CCCCCCCOc1nc(CNC)cc2ccccc12. The summed E-state index contributed by atoms with van der Waals surface area (Å²) in [5, 5.41) is 5.44. The maximum Gasteiger partial charge on any atom is 0.221 e. The number of unbranched alkanes of at least 4 members (excludes halogenated alkanes) is 4. The summed E-state index contributed by atoms with van der Waals surface area (Å²) in [4.78, 5) is 4.64. The van der Waals surface area contributed by atoms with Crippen LogP contribution in [0.4, 0.5) is 0 Å². The molecule has 0 saturated carbocycles. The van der Waals surface area contributed by atoms with Crippen LogP contribution < -0.4 is 10.1 Å². The highest BCUT2D eigenvalue weighted by Gasteiger charge is 2.06. The van der Waals surface area contributed by atoms with Crippen molar-refractivity contribution in [3.63, 3.8) is 0 Å². The zero-order valence-corrected chi connectivity index (χ0v) is 13.2. The molecule has 1 N–H and O–H groups in total. The fraction of sp³-hybridized carbons (Fsp3) is 0.500. The first-order valence-electron chi connectivity index (χ1n) is 8.01. The van der Waals surface area contributed by atoms with Gasteiger partial charge in [-0.1, -0.05) is 50.8 Å². The molecule has 0 aliphatic carbocycles. The van der Waals surface area contributed by atoms with Gasteiger partial charge >= 0.3 is 0 Å². The number of rotatable bonds is 9. The third-order valence-corrected chi connectivity index (χ3v) is 3.60. The third kappa shape index (κ3) is 4.71. The molecule has 0 fully saturated rings. The second-order valence-corrected chi connectivity index (χ2v) is 5.43. The zero-order chi connectivity index (χ0) is 14.9. The van der Waals surface area contributed by atoms with Crippen LogP contribution in [0.5, 0.6) is 5.88 Å². The van der Waals surface area contributed by atoms with Gasteiger partial charge < -0.3 is 10.1 Å². The van der Waals surface area contributed by atoms with Crippen molar-refractivity contribution in [1.82, 2.24) is 10.3 Å². The van der Waals surface area contributed by atoms with Crippen molar-refractivity contribution < 1.29 is 4.74 Å². The van der Waals surface area contributed by atoms with E-state index >= 15 is 0 Å². The van der Waals surface area contributed by atoms with Crippen LogP contribution >= 0.6 is 0 Å². The van der Waals surface area contributed by atoms with E-state index in [9.17, 15) is 0 Å². The first-order chi connectivity index (χ1) is 10.3. The number of nitrogens with zero attached hydrogens (tertiary/aromatic N) is 1. The molecule has 1 aromatic heterocycles. The molecule has 114 valence electrons. The summed E-state index contributed by atoms with van der Waals surface area (Å²) in [5.41, 5.74) is 1.03. The molecule has 0 unspecified atom stereocenters. The Morgan fingerprint density at radius 2 is 1.90 bits per heavy atom. The van der Waals surface area contributed by atoms with Gasteiger partial charge in [-0.05, 0) is 31.0 Å². The fourth-order valence-electron chi connectivity index (χ4n) is 2.48. The van der Waals surface area contributed by atoms with Crippen LogP contribution in [0, 0.1) is 0 Å². The van der Waals surface area contributed by atoms with Crippen molar-refractivity contribution in [2.75, 3.05) is 13.7 Å². The van der Waals surface area contributed by atoms with Crippen LogP contribution in [-0.4, -0.2) is 18.6 Å². The predicted molar refractivity (Wildman–Crippen MR) is 88.8 cm³/mol. The minimum absolute atomic E-state index is 0.754. The van der Waals surface area contributed by atoms with E-state index in [-0.39, 0.29) is 0 Å². The standard InChI is InChI=1S/C18H26N2O/c1-3-4-5-6-9-12-21-18-17-11-8-7-10-15(17)13-16(20-18)14-19-2/h7-8,10-11,13,19H,3-6,9,12,14H2,1-2H3. The number of aromatic nitrogens is 1. The topological polar surface area (TPSA) is 34.1 Å². The average molecular weight is 286 g/mol. The number of pyridine rings is 1. The molecule has 2 rings (SSSR count). The van der Waals surface area contributed by atoms with Gasteiger partial charge in [0.15, 0.2) is 0 Å². The van der Waals surface area contributed by atoms with Gasteiger partial charge in [0.05, 0.1) is 12.3 Å². The highest BCUT2D eigenvalue weighted by atomic mass is 16.5. The maximum absolute atomic E-state index is 5.95. The van der Waals surface area contributed by atoms with E-state index in [1.54, 1.807) is 0 Å². The lowest BCUT2D eigenvalue weighted by atomic mass is 10.1. The Hall–Kier alpha value is -1.61. The first-order valence-corrected chi connectivity index (χ1v) is 8.01. The molecule has 0 bridgehead atoms. The Kier molecular flexibility index (Phi) is 6.48. The van der Waals surface area contributed by atoms with Crippen molar-refractivity contribution >= 4 is 10.8 Å². The molecule has 1 heterocycles. The molecule has 2 aromatic rings. The third-order valence-electron chi connectivity index (χ3n) is 3.60. The minimum atomic E-state index is 0.754. The van der Waals surface area contributed by atoms with Crippen LogP contribution in [0.2, 0.25) is 0 Å². The Balaban J connectivity index is 2.03. The molecule has 0 amide bonds. The smallest absolute Gasteiger partial charge is 0.221 e. The van der Waals surface area contributed by atoms with E-state index < -0.39 is 0 Å². The van der Waals surface area contributed by atoms with Crippen molar-refractivity contribution in [1.29, 1.82) is 0 Å². The fourth-order valence-corrected chi connectivity index (χ4v) is 2.48. The lowest BCUT2D eigenvalue weighted by Gasteiger charge is -2.11. The van der Waals surface area contributed by atoms with Gasteiger partial charge in [0.25, 0.3) is 0 Å². The lowest BCUT2D eigenvalue weighted by Crippen LogP contribution is -2.08. The second-order valence-electron chi connectivity index (χ2n) is 5.43. The van der Waals surface area contributed by atoms with Crippen LogP contribution in [0.1, 0.15) is 44.7 Å². The minimum Gasteiger partial charge on any atom is -0.477 e. The second kappa shape index (κ2) is 8.63. The van der Waals surface area contributed by atoms with E-state index in [1.165, 1.54) is 31.1 Å². The number of hydrogen-bond donors (Lipinski definition) is 1. The molecule has 0 radical (unpaired) electrons. The summed E-state index contributed by atoms with van der Waals surface area (Å²) in [6, 6.07) is 10.4. The molecule has 0 atom stereocenters. The summed E-state index contributed by atoms with van der Waals surface area (Å²) in [7, 11) is 1.94. The zero-order valence-electron chi connectivity index (χ0n) is 13.2. The number of benzene rings is 1. The number of fused-ring (bicyclic) bond motifs is 1. The molecule has 1 aromatic carbocycles. The van der Waals surface area contributed by atoms with Crippen molar-refractivity contribution in [2.45, 2.75) is 45.6 Å². The molecule has 0 saturated heterocycles. The molecule has 3 heteroatoms. The van der Waals surface area contributed by atoms with Gasteiger partial charge in [-0.15, -0.1) is 0 Å². The van der Waals surface area contributed by atoms with E-state index in [0.717, 1.165) is 36.5 Å². The molecule has 0 aliphatic rings. The van der Waals surface area contributed by atoms with Crippen molar-refractivity contribution in [2.24, 2.45) is 0 Å². The molecule has 3 nitrogen and oxygen atoms in total.